The molecule has 4 heteroatoms. The summed E-state index contributed by atoms with van der Waals surface area (Å²) in [6.07, 6.45) is 6.81. The van der Waals surface area contributed by atoms with E-state index in [1.165, 1.54) is 25.7 Å². The second kappa shape index (κ2) is 3.56. The van der Waals surface area contributed by atoms with Crippen LogP contribution < -0.4 is 11.5 Å². The zero-order valence-corrected chi connectivity index (χ0v) is 7.45. The van der Waals surface area contributed by atoms with Crippen LogP contribution in [0.4, 0.5) is 0 Å². The van der Waals surface area contributed by atoms with Gasteiger partial charge in [0.15, 0.2) is 0 Å². The summed E-state index contributed by atoms with van der Waals surface area (Å²) in [6.45, 7) is 2.19. The Morgan fingerprint density at radius 3 is 2.42 bits per heavy atom. The normalized spacial score (nSPS) is 21.4. The van der Waals surface area contributed by atoms with E-state index < -0.39 is 0 Å². The zero-order chi connectivity index (χ0) is 9.03. The quantitative estimate of drug-likeness (QED) is 0.364. The molecule has 1 fully saturated rings. The molecule has 0 atom stereocenters. The molecule has 4 nitrogen and oxygen atoms in total. The summed E-state index contributed by atoms with van der Waals surface area (Å²) in [5, 5.41) is 7.41. The highest BCUT2D eigenvalue weighted by molar-refractivity contribution is 5.76. The van der Waals surface area contributed by atoms with Crippen LogP contribution in [-0.4, -0.2) is 12.2 Å². The first-order valence-electron chi connectivity index (χ1n) is 4.25. The Morgan fingerprint density at radius 2 is 1.92 bits per heavy atom. The first kappa shape index (κ1) is 9.03. The molecule has 1 rings (SSSR count). The minimum absolute atomic E-state index is 0.0212. The number of nitrogens with zero attached hydrogens (tertiary/aromatic N) is 2. The highest BCUT2D eigenvalue weighted by atomic mass is 15.3. The number of rotatable bonds is 2. The van der Waals surface area contributed by atoms with Gasteiger partial charge in [-0.15, -0.1) is 5.10 Å². The van der Waals surface area contributed by atoms with E-state index in [0.717, 1.165) is 0 Å². The topological polar surface area (TPSA) is 76.8 Å². The SMILES string of the molecule is CC1(/C=N/N=C(N)N)CCCC1. The molecule has 0 heterocycles. The molecule has 0 unspecified atom stereocenters. The molecule has 1 aliphatic carbocycles. The summed E-state index contributed by atoms with van der Waals surface area (Å²) >= 11 is 0. The molecule has 0 bridgehead atoms. The third-order valence-electron chi connectivity index (χ3n) is 2.29. The molecule has 0 aromatic rings. The lowest BCUT2D eigenvalue weighted by Gasteiger charge is -2.15. The van der Waals surface area contributed by atoms with Gasteiger partial charge in [0.25, 0.3) is 0 Å². The lowest BCUT2D eigenvalue weighted by Crippen LogP contribution is -2.22. The van der Waals surface area contributed by atoms with Gasteiger partial charge >= 0.3 is 0 Å². The van der Waals surface area contributed by atoms with Crippen molar-refractivity contribution in [2.45, 2.75) is 32.6 Å². The summed E-state index contributed by atoms with van der Waals surface area (Å²) in [7, 11) is 0. The lowest BCUT2D eigenvalue weighted by molar-refractivity contribution is 0.499. The Balaban J connectivity index is 2.48. The summed E-state index contributed by atoms with van der Waals surface area (Å²) < 4.78 is 0. The van der Waals surface area contributed by atoms with Crippen LogP contribution in [0.1, 0.15) is 32.6 Å². The minimum Gasteiger partial charge on any atom is -0.369 e. The summed E-state index contributed by atoms with van der Waals surface area (Å²) in [4.78, 5) is 0. The van der Waals surface area contributed by atoms with Crippen molar-refractivity contribution in [3.8, 4) is 0 Å². The van der Waals surface area contributed by atoms with Crippen molar-refractivity contribution in [1.82, 2.24) is 0 Å². The van der Waals surface area contributed by atoms with Crippen molar-refractivity contribution in [2.24, 2.45) is 27.1 Å². The molecule has 4 N–H and O–H groups in total. The fraction of sp³-hybridized carbons (Fsp3) is 0.750. The van der Waals surface area contributed by atoms with Crippen LogP contribution in [0.15, 0.2) is 10.2 Å². The Morgan fingerprint density at radius 1 is 1.33 bits per heavy atom. The first-order chi connectivity index (χ1) is 5.62. The van der Waals surface area contributed by atoms with E-state index in [4.69, 9.17) is 11.5 Å². The van der Waals surface area contributed by atoms with Gasteiger partial charge in [0.1, 0.15) is 0 Å². The number of hydrogen-bond acceptors (Lipinski definition) is 2. The Kier molecular flexibility index (Phi) is 2.68. The van der Waals surface area contributed by atoms with Gasteiger partial charge in [0, 0.05) is 11.6 Å². The van der Waals surface area contributed by atoms with Gasteiger partial charge in [-0.3, -0.25) is 0 Å². The zero-order valence-electron chi connectivity index (χ0n) is 7.45. The lowest BCUT2D eigenvalue weighted by atomic mass is 9.91. The van der Waals surface area contributed by atoms with Crippen molar-refractivity contribution >= 4 is 12.2 Å². The van der Waals surface area contributed by atoms with Crippen molar-refractivity contribution in [3.63, 3.8) is 0 Å². The largest absolute Gasteiger partial charge is 0.369 e. The molecule has 0 aliphatic heterocycles. The predicted octanol–water partition coefficient (Wildman–Crippen LogP) is 0.826. The van der Waals surface area contributed by atoms with Crippen LogP contribution in [0.2, 0.25) is 0 Å². The Labute approximate surface area is 72.7 Å². The van der Waals surface area contributed by atoms with Crippen LogP contribution >= 0.6 is 0 Å². The van der Waals surface area contributed by atoms with Gasteiger partial charge in [0.05, 0.1) is 0 Å². The molecular weight excluding hydrogens is 152 g/mol. The highest BCUT2D eigenvalue weighted by Crippen LogP contribution is 2.35. The van der Waals surface area contributed by atoms with E-state index in [2.05, 4.69) is 17.1 Å². The maximum Gasteiger partial charge on any atom is 0.211 e. The summed E-state index contributed by atoms with van der Waals surface area (Å²) in [5.74, 6) is 0.0212. The van der Waals surface area contributed by atoms with E-state index in [-0.39, 0.29) is 11.4 Å². The van der Waals surface area contributed by atoms with Crippen LogP contribution in [0, 0.1) is 5.41 Å². The highest BCUT2D eigenvalue weighted by Gasteiger charge is 2.26. The van der Waals surface area contributed by atoms with Crippen LogP contribution in [-0.2, 0) is 0 Å². The average molecular weight is 168 g/mol. The third kappa shape index (κ3) is 2.53. The van der Waals surface area contributed by atoms with Crippen LogP contribution in [0.5, 0.6) is 0 Å². The monoisotopic (exact) mass is 168 g/mol. The summed E-state index contributed by atoms with van der Waals surface area (Å²) in [6, 6.07) is 0. The van der Waals surface area contributed by atoms with Gasteiger partial charge in [-0.05, 0) is 12.8 Å². The van der Waals surface area contributed by atoms with Crippen LogP contribution in [0.3, 0.4) is 0 Å². The fourth-order valence-electron chi connectivity index (χ4n) is 1.55. The number of hydrogen-bond donors (Lipinski definition) is 2. The fourth-order valence-corrected chi connectivity index (χ4v) is 1.55. The molecular formula is C8H16N4. The van der Waals surface area contributed by atoms with E-state index in [9.17, 15) is 0 Å². The van der Waals surface area contributed by atoms with Crippen molar-refractivity contribution in [1.29, 1.82) is 0 Å². The Bertz CT molecular complexity index is 197. The maximum absolute atomic E-state index is 5.13. The molecule has 0 radical (unpaired) electrons. The smallest absolute Gasteiger partial charge is 0.211 e. The summed E-state index contributed by atoms with van der Waals surface area (Å²) in [5.41, 5.74) is 10.5. The second-order valence-electron chi connectivity index (χ2n) is 3.63. The number of nitrogens with two attached hydrogens (primary N) is 2. The predicted molar refractivity (Wildman–Crippen MR) is 50.9 cm³/mol. The van der Waals surface area contributed by atoms with E-state index >= 15 is 0 Å². The first-order valence-corrected chi connectivity index (χ1v) is 4.25. The third-order valence-corrected chi connectivity index (χ3v) is 2.29. The van der Waals surface area contributed by atoms with Gasteiger partial charge in [0.2, 0.25) is 5.96 Å². The average Bonchev–Trinajstić information content (AvgIpc) is 2.35. The van der Waals surface area contributed by atoms with Gasteiger partial charge < -0.3 is 11.5 Å². The molecule has 68 valence electrons. The standard InChI is InChI=1S/C8H16N4/c1-8(4-2-3-5-8)6-11-12-7(9)10/h6H,2-5H2,1H3,(H4,9,10,12)/b11-6+. The minimum atomic E-state index is 0.0212. The van der Waals surface area contributed by atoms with Crippen molar-refractivity contribution < 1.29 is 0 Å². The maximum atomic E-state index is 5.13. The van der Waals surface area contributed by atoms with Crippen molar-refractivity contribution in [3.05, 3.63) is 0 Å². The molecule has 1 saturated carbocycles. The molecule has 0 aromatic heterocycles. The van der Waals surface area contributed by atoms with Crippen LogP contribution in [0.25, 0.3) is 0 Å². The molecule has 12 heavy (non-hydrogen) atoms. The molecule has 0 amide bonds. The van der Waals surface area contributed by atoms with E-state index in [0.29, 0.717) is 0 Å². The van der Waals surface area contributed by atoms with Gasteiger partial charge in [-0.25, -0.2) is 0 Å². The second-order valence-corrected chi connectivity index (χ2v) is 3.63. The molecule has 0 spiro atoms. The van der Waals surface area contributed by atoms with Gasteiger partial charge in [-0.2, -0.15) is 5.10 Å². The molecule has 0 saturated heterocycles. The molecule has 1 aliphatic rings. The molecule has 0 aromatic carbocycles. The number of guanidine groups is 1. The van der Waals surface area contributed by atoms with Gasteiger partial charge in [-0.1, -0.05) is 19.8 Å². The van der Waals surface area contributed by atoms with E-state index in [1.54, 1.807) is 0 Å². The van der Waals surface area contributed by atoms with Crippen molar-refractivity contribution in [2.75, 3.05) is 0 Å². The Hall–Kier alpha value is -1.06. The van der Waals surface area contributed by atoms with E-state index in [1.807, 2.05) is 6.21 Å².